The van der Waals surface area contributed by atoms with Gasteiger partial charge in [-0.1, -0.05) is 153 Å². The van der Waals surface area contributed by atoms with E-state index in [-0.39, 0.29) is 84.3 Å². The van der Waals surface area contributed by atoms with Gasteiger partial charge in [0.1, 0.15) is 17.5 Å². The maximum atomic E-state index is 4.71. The zero-order chi connectivity index (χ0) is 64.6. The molecule has 16 heterocycles. The van der Waals surface area contributed by atoms with Crippen molar-refractivity contribution in [2.75, 3.05) is 0 Å². The third kappa shape index (κ3) is 19.9. The van der Waals surface area contributed by atoms with Gasteiger partial charge in [-0.3, -0.25) is 24.9 Å². The average molecular weight is 2020 g/mol. The standard InChI is InChI=1S/C19H15N5.C18H14N6.C17H13N7.C17H12N6.4Pt/c1-13-8-9-17(22-13)16-6-2-4-14(23-16)12-15-5-3-7-18(24-15)19-20-10-11-21-19;1-12-5-6-16(22-12)18-19-8-7-14(24-18)11-13-3-2-4-15(23-13)17-20-9-10-21-17;1-11-9-15(24-23-11)17-18-6-5-13(22-17)10-12-3-2-4-14(21-12)16-19-7-8-20-16;1-3-12(22-15(4-1)16-20-9-10-21-16)11-13-6-8-19-17(23-13)14-5-2-7-18-14;;;;/h2-11H,12H2,1H3;2-10H,11H2,1H3;2-9H,10H2,1H3;1-10H,11H2;;;;/q4*-2;4*+2. The Labute approximate surface area is 626 Å². The minimum Gasteiger partial charge on any atom is -0.661 e. The van der Waals surface area contributed by atoms with Crippen molar-refractivity contribution in [1.29, 1.82) is 0 Å². The van der Waals surface area contributed by atoms with Crippen LogP contribution in [0.3, 0.4) is 0 Å². The number of pyridine rings is 5. The molecular weight excluding hydrogens is 1970 g/mol. The summed E-state index contributed by atoms with van der Waals surface area (Å²) in [6, 6.07) is 48.5. The van der Waals surface area contributed by atoms with E-state index in [0.29, 0.717) is 72.1 Å². The summed E-state index contributed by atoms with van der Waals surface area (Å²) < 4.78 is 0. The monoisotopic (exact) mass is 2020 g/mol. The molecule has 0 fully saturated rings. The number of rotatable bonds is 16. The molecule has 0 saturated carbocycles. The van der Waals surface area contributed by atoms with Gasteiger partial charge in [0.05, 0.1) is 39.9 Å². The SMILES string of the molecule is Cc1cc(-c2nccc(Cc3cccc(-c4ncc[n-]4)n3)n2)[n-]n1.Cc1ccc(-c2cccc(Cc3cccc(-c4ncc[n-]4)n3)n2)[n-]1.Cc1ccc(-c2nccc(Cc3cccc(-c4ncc[n-]4)n3)n2)[n-]1.[Pt+2].[Pt+2].[Pt+2].[Pt+2].c1cc(Cc2ccnc(-c3ccc[n-]3)n2)nc(-c2ncc[n-]2)c1. The van der Waals surface area contributed by atoms with Gasteiger partial charge in [-0.05, 0) is 109 Å². The van der Waals surface area contributed by atoms with E-state index >= 15 is 0 Å². The molecule has 16 aromatic heterocycles. The van der Waals surface area contributed by atoms with E-state index < -0.39 is 0 Å². The Bertz CT molecular complexity index is 4590. The normalized spacial score (nSPS) is 10.4. The molecule has 0 bridgehead atoms. The first-order valence-corrected chi connectivity index (χ1v) is 30.0. The average Bonchev–Trinajstić information content (AvgIpc) is 1.87. The van der Waals surface area contributed by atoms with E-state index in [1.165, 1.54) is 0 Å². The van der Waals surface area contributed by atoms with Crippen LogP contribution in [0, 0.1) is 20.8 Å². The van der Waals surface area contributed by atoms with Crippen molar-refractivity contribution in [1.82, 2.24) is 120 Å². The fourth-order valence-electron chi connectivity index (χ4n) is 9.75. The van der Waals surface area contributed by atoms with Crippen molar-refractivity contribution in [2.24, 2.45) is 0 Å². The summed E-state index contributed by atoms with van der Waals surface area (Å²) in [5, 5.41) is 8.07. The van der Waals surface area contributed by atoms with E-state index in [4.69, 9.17) is 4.98 Å². The van der Waals surface area contributed by atoms with Crippen molar-refractivity contribution < 1.29 is 84.3 Å². The van der Waals surface area contributed by atoms with Crippen molar-refractivity contribution >= 4 is 0 Å². The number of aryl methyl sites for hydroxylation is 3. The molecule has 0 N–H and O–H groups in total. The second kappa shape index (κ2) is 35.8. The Morgan fingerprint density at radius 1 is 0.273 bits per heavy atom. The van der Waals surface area contributed by atoms with Crippen LogP contribution in [0.5, 0.6) is 0 Å². The fourth-order valence-corrected chi connectivity index (χ4v) is 9.75. The third-order valence-electron chi connectivity index (χ3n) is 14.1. The molecule has 24 nitrogen and oxygen atoms in total. The molecule has 0 unspecified atom stereocenters. The number of hydrogen-bond donors (Lipinski definition) is 0. The number of imidazole rings is 4. The summed E-state index contributed by atoms with van der Waals surface area (Å²) in [5.41, 5.74) is 17.2. The quantitative estimate of drug-likeness (QED) is 0.0869. The minimum atomic E-state index is 0. The Morgan fingerprint density at radius 2 is 0.616 bits per heavy atom. The first-order valence-electron chi connectivity index (χ1n) is 30.0. The molecule has 0 aliphatic rings. The van der Waals surface area contributed by atoms with Crippen LogP contribution in [-0.4, -0.2) is 79.9 Å². The molecule has 498 valence electrons. The molecule has 0 aliphatic carbocycles. The van der Waals surface area contributed by atoms with E-state index in [0.717, 1.165) is 108 Å². The van der Waals surface area contributed by atoms with Crippen molar-refractivity contribution in [2.45, 2.75) is 46.5 Å². The van der Waals surface area contributed by atoms with E-state index in [9.17, 15) is 0 Å². The summed E-state index contributed by atoms with van der Waals surface area (Å²) >= 11 is 0. The molecule has 0 atom stereocenters. The zero-order valence-electron chi connectivity index (χ0n) is 52.7. The van der Waals surface area contributed by atoms with Gasteiger partial charge in [0.15, 0.2) is 0 Å². The summed E-state index contributed by atoms with van der Waals surface area (Å²) in [6.45, 7) is 5.82. The molecule has 16 aromatic rings. The summed E-state index contributed by atoms with van der Waals surface area (Å²) in [4.78, 5) is 96.3. The van der Waals surface area contributed by atoms with Gasteiger partial charge in [-0.2, -0.15) is 17.6 Å². The van der Waals surface area contributed by atoms with E-state index in [1.807, 2.05) is 172 Å². The van der Waals surface area contributed by atoms with Gasteiger partial charge in [0, 0.05) is 84.1 Å². The van der Waals surface area contributed by atoms with E-state index in [1.54, 1.807) is 74.4 Å². The molecule has 28 heteroatoms. The maximum Gasteiger partial charge on any atom is 2.00 e. The Morgan fingerprint density at radius 3 is 0.939 bits per heavy atom. The van der Waals surface area contributed by atoms with Crippen molar-refractivity contribution in [3.05, 3.63) is 289 Å². The van der Waals surface area contributed by atoms with Crippen LogP contribution in [0.4, 0.5) is 0 Å². The van der Waals surface area contributed by atoms with Crippen LogP contribution in [-0.2, 0) is 110 Å². The van der Waals surface area contributed by atoms with Crippen molar-refractivity contribution in [3.63, 3.8) is 0 Å². The molecule has 0 radical (unpaired) electrons. The Hall–Kier alpha value is -10.4. The fraction of sp³-hybridized carbons (Fsp3) is 0.0986. The van der Waals surface area contributed by atoms with Crippen LogP contribution in [0.2, 0.25) is 0 Å². The van der Waals surface area contributed by atoms with Gasteiger partial charge >= 0.3 is 84.3 Å². The predicted octanol–water partition coefficient (Wildman–Crippen LogP) is 9.34. The van der Waals surface area contributed by atoms with Crippen LogP contribution in [0.1, 0.15) is 62.6 Å². The number of aromatic nitrogens is 24. The first-order chi connectivity index (χ1) is 46.7. The Kier molecular flexibility index (Phi) is 26.3. The smallest absolute Gasteiger partial charge is 0.661 e. The predicted molar refractivity (Wildman–Crippen MR) is 352 cm³/mol. The second-order valence-corrected chi connectivity index (χ2v) is 21.2. The molecule has 0 saturated heterocycles. The zero-order valence-corrected chi connectivity index (χ0v) is 61.8. The molecule has 16 rings (SSSR count). The molecule has 0 amide bonds. The van der Waals surface area contributed by atoms with Gasteiger partial charge < -0.3 is 65.0 Å². The van der Waals surface area contributed by atoms with Gasteiger partial charge in [-0.15, -0.1) is 5.69 Å². The summed E-state index contributed by atoms with van der Waals surface area (Å²) in [5.74, 6) is 4.38. The van der Waals surface area contributed by atoms with Gasteiger partial charge in [-0.25, -0.2) is 29.9 Å². The summed E-state index contributed by atoms with van der Waals surface area (Å²) in [7, 11) is 0. The number of hydrogen-bond acceptors (Lipinski definition) is 16. The van der Waals surface area contributed by atoms with Crippen LogP contribution < -0.4 is 40.0 Å². The summed E-state index contributed by atoms with van der Waals surface area (Å²) in [6.07, 6.45) is 22.7. The topological polar surface area (TPSA) is 319 Å². The molecule has 99 heavy (non-hydrogen) atoms. The first kappa shape index (κ1) is 72.9. The van der Waals surface area contributed by atoms with Gasteiger partial charge in [0.2, 0.25) is 0 Å². The minimum absolute atomic E-state index is 0. The van der Waals surface area contributed by atoms with Crippen molar-refractivity contribution in [3.8, 4) is 92.0 Å². The maximum absolute atomic E-state index is 4.71. The third-order valence-corrected chi connectivity index (χ3v) is 14.1. The van der Waals surface area contributed by atoms with Crippen LogP contribution in [0.15, 0.2) is 226 Å². The van der Waals surface area contributed by atoms with Crippen LogP contribution >= 0.6 is 0 Å². The molecule has 0 aromatic carbocycles. The van der Waals surface area contributed by atoms with Crippen LogP contribution in [0.25, 0.3) is 92.0 Å². The van der Waals surface area contributed by atoms with E-state index in [2.05, 4.69) is 115 Å². The molecule has 0 aliphatic heterocycles. The molecular formula is C71H54N24Pt4. The number of nitrogens with zero attached hydrogens (tertiary/aromatic N) is 24. The Balaban J connectivity index is 0.000000152. The largest absolute Gasteiger partial charge is 2.00 e. The molecule has 0 spiro atoms. The second-order valence-electron chi connectivity index (χ2n) is 21.2. The van der Waals surface area contributed by atoms with Gasteiger partial charge in [0.25, 0.3) is 0 Å².